The number of rotatable bonds is 10. The second kappa shape index (κ2) is 13.4. The number of nitrogens with one attached hydrogen (secondary N) is 3. The minimum Gasteiger partial charge on any atom is -0.367 e. The zero-order valence-electron chi connectivity index (χ0n) is 27.9. The van der Waals surface area contributed by atoms with Gasteiger partial charge in [0.1, 0.15) is 11.5 Å². The Morgan fingerprint density at radius 2 is 1.78 bits per heavy atom. The second-order valence-corrected chi connectivity index (χ2v) is 13.3. The Balaban J connectivity index is 0.883. The number of fused-ring (bicyclic) bond motifs is 1. The molecule has 8 rings (SSSR count). The van der Waals surface area contributed by atoms with Crippen LogP contribution in [0.2, 0.25) is 0 Å². The Kier molecular flexibility index (Phi) is 8.55. The normalized spacial score (nSPS) is 19.4. The van der Waals surface area contributed by atoms with Gasteiger partial charge in [-0.3, -0.25) is 19.6 Å². The van der Waals surface area contributed by atoms with Crippen LogP contribution in [0, 0.1) is 0 Å². The van der Waals surface area contributed by atoms with Crippen LogP contribution in [0.15, 0.2) is 85.3 Å². The van der Waals surface area contributed by atoms with Gasteiger partial charge in [0.25, 0.3) is 5.91 Å². The minimum atomic E-state index is -1.06. The van der Waals surface area contributed by atoms with Crippen molar-refractivity contribution in [3.05, 3.63) is 90.9 Å². The van der Waals surface area contributed by atoms with E-state index in [0.717, 1.165) is 58.4 Å². The van der Waals surface area contributed by atoms with Gasteiger partial charge in [-0.15, -0.1) is 0 Å². The first-order valence-electron chi connectivity index (χ1n) is 17.1. The van der Waals surface area contributed by atoms with E-state index in [0.29, 0.717) is 50.2 Å². The van der Waals surface area contributed by atoms with Gasteiger partial charge in [-0.25, -0.2) is 15.0 Å². The molecule has 1 saturated carbocycles. The third-order valence-electron chi connectivity index (χ3n) is 9.90. The van der Waals surface area contributed by atoms with Gasteiger partial charge in [0.2, 0.25) is 5.91 Å². The van der Waals surface area contributed by atoms with Gasteiger partial charge >= 0.3 is 0 Å². The lowest BCUT2D eigenvalue weighted by Gasteiger charge is -2.30. The van der Waals surface area contributed by atoms with E-state index in [1.807, 2.05) is 52.3 Å². The van der Waals surface area contributed by atoms with Crippen LogP contribution in [-0.2, 0) is 14.3 Å². The van der Waals surface area contributed by atoms with E-state index in [4.69, 9.17) is 4.74 Å². The first kappa shape index (κ1) is 31.8. The van der Waals surface area contributed by atoms with Crippen LogP contribution in [0.5, 0.6) is 0 Å². The van der Waals surface area contributed by atoms with Crippen LogP contribution >= 0.6 is 0 Å². The molecular formula is C38H39N9O3. The number of amides is 2. The standard InChI is InChI=1S/C38H39N9O3/c1-50-38(37(49)43-30-9-10-32-31(22-30)35(45-44-32)28-11-17-39-33(21-28)42-29-7-8-29)14-20-46(24-38)23-34(48)47-18-12-26(13-19-47)25-3-5-27(6-4-25)36-40-15-2-16-41-36/h2-6,9-12,15-17,21-22,29H,7-8,13-14,18-20,23-24H2,1H3,(H,39,42)(H,43,49)(H,44,45)/t38-/m0/s1. The average Bonchev–Trinajstić information content (AvgIpc) is 3.71. The summed E-state index contributed by atoms with van der Waals surface area (Å²) < 4.78 is 5.88. The molecule has 12 nitrogen and oxygen atoms in total. The van der Waals surface area contributed by atoms with E-state index < -0.39 is 5.60 Å². The van der Waals surface area contributed by atoms with Crippen LogP contribution in [0.25, 0.3) is 39.1 Å². The molecule has 2 aliphatic heterocycles. The number of ether oxygens (including phenoxy) is 1. The van der Waals surface area contributed by atoms with Crippen LogP contribution in [-0.4, -0.2) is 98.2 Å². The summed E-state index contributed by atoms with van der Waals surface area (Å²) in [5.74, 6) is 1.36. The minimum absolute atomic E-state index is 0.0497. The number of nitrogens with zero attached hydrogens (tertiary/aromatic N) is 6. The maximum absolute atomic E-state index is 13.7. The Morgan fingerprint density at radius 1 is 0.960 bits per heavy atom. The molecule has 3 aliphatic rings. The van der Waals surface area contributed by atoms with E-state index in [1.54, 1.807) is 31.8 Å². The number of benzene rings is 2. The lowest BCUT2D eigenvalue weighted by atomic mass is 9.98. The predicted octanol–water partition coefficient (Wildman–Crippen LogP) is 5.00. The number of likely N-dealkylation sites (tertiary alicyclic amines) is 1. The van der Waals surface area contributed by atoms with Gasteiger partial charge in [-0.1, -0.05) is 30.3 Å². The summed E-state index contributed by atoms with van der Waals surface area (Å²) in [7, 11) is 1.56. The van der Waals surface area contributed by atoms with Gasteiger partial charge in [0.05, 0.1) is 12.1 Å². The van der Waals surface area contributed by atoms with Crippen LogP contribution in [0.4, 0.5) is 11.5 Å². The molecule has 0 spiro atoms. The number of carbonyl (C=O) groups excluding carboxylic acids is 2. The molecule has 3 aromatic heterocycles. The topological polar surface area (TPSA) is 141 Å². The van der Waals surface area contributed by atoms with E-state index in [2.05, 4.69) is 54.0 Å². The Hall–Kier alpha value is -5.46. The summed E-state index contributed by atoms with van der Waals surface area (Å²) in [6.07, 6.45) is 11.0. The number of aromatic amines is 1. The maximum Gasteiger partial charge on any atom is 0.258 e. The summed E-state index contributed by atoms with van der Waals surface area (Å²) in [4.78, 5) is 44.1. The highest BCUT2D eigenvalue weighted by molar-refractivity contribution is 6.01. The number of hydrogen-bond acceptors (Lipinski definition) is 9. The molecule has 0 radical (unpaired) electrons. The number of carbonyl (C=O) groups is 2. The molecule has 12 heteroatoms. The largest absolute Gasteiger partial charge is 0.367 e. The second-order valence-electron chi connectivity index (χ2n) is 13.3. The number of H-pyrrole nitrogens is 1. The smallest absolute Gasteiger partial charge is 0.258 e. The van der Waals surface area contributed by atoms with Gasteiger partial charge < -0.3 is 20.3 Å². The SMILES string of the molecule is CO[C@@]1(C(=O)Nc2ccc3[nH]nc(-c4ccnc(NC5CC5)c4)c3c2)CCN(CC(=O)N2CC=C(c3ccc(-c4ncccn4)cc3)CC2)C1. The summed E-state index contributed by atoms with van der Waals surface area (Å²) in [5.41, 5.74) is 5.53. The van der Waals surface area contributed by atoms with Crippen molar-refractivity contribution in [2.24, 2.45) is 0 Å². The summed E-state index contributed by atoms with van der Waals surface area (Å²) in [6.45, 7) is 2.36. The fourth-order valence-corrected chi connectivity index (χ4v) is 6.82. The summed E-state index contributed by atoms with van der Waals surface area (Å²) in [6, 6.07) is 20.2. The van der Waals surface area contributed by atoms with Crippen molar-refractivity contribution in [2.75, 3.05) is 50.5 Å². The average molecular weight is 670 g/mol. The molecule has 1 atom stereocenters. The number of methoxy groups -OCH3 is 1. The van der Waals surface area contributed by atoms with Crippen molar-refractivity contribution >= 4 is 39.8 Å². The van der Waals surface area contributed by atoms with Crippen LogP contribution in [0.1, 0.15) is 31.2 Å². The highest BCUT2D eigenvalue weighted by Gasteiger charge is 2.45. The Labute approximate surface area is 290 Å². The molecule has 1 aliphatic carbocycles. The predicted molar refractivity (Wildman–Crippen MR) is 192 cm³/mol. The number of aromatic nitrogens is 5. The molecule has 2 fully saturated rings. The fourth-order valence-electron chi connectivity index (χ4n) is 6.82. The van der Waals surface area contributed by atoms with Crippen molar-refractivity contribution in [1.82, 2.24) is 34.9 Å². The first-order valence-corrected chi connectivity index (χ1v) is 17.1. The molecule has 5 aromatic rings. The lowest BCUT2D eigenvalue weighted by Crippen LogP contribution is -2.48. The van der Waals surface area contributed by atoms with Crippen molar-refractivity contribution in [2.45, 2.75) is 37.3 Å². The molecule has 1 saturated heterocycles. The third kappa shape index (κ3) is 6.59. The monoisotopic (exact) mass is 669 g/mol. The molecule has 0 bridgehead atoms. The van der Waals surface area contributed by atoms with Crippen molar-refractivity contribution in [1.29, 1.82) is 0 Å². The zero-order valence-corrected chi connectivity index (χ0v) is 27.9. The van der Waals surface area contributed by atoms with E-state index in [9.17, 15) is 9.59 Å². The van der Waals surface area contributed by atoms with Gasteiger partial charge in [0.15, 0.2) is 11.4 Å². The molecule has 5 heterocycles. The summed E-state index contributed by atoms with van der Waals surface area (Å²) >= 11 is 0. The van der Waals surface area contributed by atoms with Crippen LogP contribution in [0.3, 0.4) is 0 Å². The van der Waals surface area contributed by atoms with E-state index in [1.165, 1.54) is 5.57 Å². The van der Waals surface area contributed by atoms with Gasteiger partial charge in [0, 0.05) is 80.1 Å². The molecule has 50 heavy (non-hydrogen) atoms. The maximum atomic E-state index is 13.7. The molecule has 254 valence electrons. The lowest BCUT2D eigenvalue weighted by molar-refractivity contribution is -0.138. The highest BCUT2D eigenvalue weighted by atomic mass is 16.5. The summed E-state index contributed by atoms with van der Waals surface area (Å²) in [5, 5.41) is 15.1. The van der Waals surface area contributed by atoms with Gasteiger partial charge in [-0.2, -0.15) is 5.10 Å². The number of anilines is 2. The highest BCUT2D eigenvalue weighted by Crippen LogP contribution is 2.33. The third-order valence-corrected chi connectivity index (χ3v) is 9.90. The van der Waals surface area contributed by atoms with E-state index >= 15 is 0 Å². The first-order chi connectivity index (χ1) is 24.5. The van der Waals surface area contributed by atoms with Gasteiger partial charge in [-0.05, 0) is 73.2 Å². The zero-order chi connectivity index (χ0) is 34.1. The number of hydrogen-bond donors (Lipinski definition) is 3. The number of pyridine rings is 1. The van der Waals surface area contributed by atoms with Crippen molar-refractivity contribution in [3.63, 3.8) is 0 Å². The quantitative estimate of drug-likeness (QED) is 0.187. The van der Waals surface area contributed by atoms with Crippen molar-refractivity contribution < 1.29 is 14.3 Å². The Morgan fingerprint density at radius 3 is 2.54 bits per heavy atom. The fraction of sp³-hybridized carbons (Fsp3) is 0.316. The molecule has 3 N–H and O–H groups in total. The molecule has 2 aromatic carbocycles. The van der Waals surface area contributed by atoms with E-state index in [-0.39, 0.29) is 18.4 Å². The molecular weight excluding hydrogens is 630 g/mol. The van der Waals surface area contributed by atoms with Crippen LogP contribution < -0.4 is 10.6 Å². The molecule has 0 unspecified atom stereocenters. The Bertz CT molecular complexity index is 2060. The molecule has 2 amide bonds. The van der Waals surface area contributed by atoms with Crippen molar-refractivity contribution in [3.8, 4) is 22.6 Å².